The van der Waals surface area contributed by atoms with Crippen molar-refractivity contribution in [3.05, 3.63) is 0 Å². The lowest BCUT2D eigenvalue weighted by molar-refractivity contribution is -2.00. The fourth-order valence-electron chi connectivity index (χ4n) is 0.720. The summed E-state index contributed by atoms with van der Waals surface area (Å²) in [5.74, 6) is 0. The van der Waals surface area contributed by atoms with Crippen LogP contribution in [0.4, 0.5) is 0 Å². The van der Waals surface area contributed by atoms with E-state index in [0.29, 0.717) is 0 Å². The Hall–Kier alpha value is 0.0500. The number of morpholine rings is 1. The maximum absolute atomic E-state index is 8.49. The molecule has 7 heteroatoms. The fourth-order valence-corrected chi connectivity index (χ4v) is 0.720. The van der Waals surface area contributed by atoms with Crippen LogP contribution >= 0.6 is 0 Å². The van der Waals surface area contributed by atoms with Crippen molar-refractivity contribution in [1.82, 2.24) is 0 Å². The standard InChI is InChI=1S/C5H11NO.ClHO4/c1-6-2-4-7-5-3-6;2-1(3,4)5/h2-5H2,1H3;(H,2,3,4,5). The minimum Gasteiger partial charge on any atom is -0.370 e. The van der Waals surface area contributed by atoms with E-state index in [4.69, 9.17) is 23.4 Å². The zero-order chi connectivity index (χ0) is 9.61. The number of likely N-dealkylation sites (N-methyl/N-ethyl adjacent to an activating group) is 1. The summed E-state index contributed by atoms with van der Waals surface area (Å²) < 4.78 is 39.1. The van der Waals surface area contributed by atoms with Crippen LogP contribution < -0.4 is 23.5 Å². The van der Waals surface area contributed by atoms with Crippen LogP contribution in [0.5, 0.6) is 0 Å². The van der Waals surface area contributed by atoms with Crippen LogP contribution in [-0.2, 0) is 4.74 Å². The first-order valence-corrected chi connectivity index (χ1v) is 4.64. The van der Waals surface area contributed by atoms with Gasteiger partial charge in [0.1, 0.15) is 13.1 Å². The summed E-state index contributed by atoms with van der Waals surface area (Å²) in [6.45, 7) is 4.26. The van der Waals surface area contributed by atoms with Gasteiger partial charge in [-0.3, -0.25) is 0 Å². The van der Waals surface area contributed by atoms with E-state index in [1.54, 1.807) is 4.90 Å². The van der Waals surface area contributed by atoms with Crippen molar-refractivity contribution in [3.63, 3.8) is 0 Å². The van der Waals surface area contributed by atoms with Gasteiger partial charge in [0, 0.05) is 0 Å². The first-order valence-electron chi connectivity index (χ1n) is 3.40. The highest BCUT2D eigenvalue weighted by molar-refractivity contribution is 4.34. The maximum atomic E-state index is 8.49. The number of ether oxygens (including phenoxy) is 1. The van der Waals surface area contributed by atoms with E-state index in [0.717, 1.165) is 13.2 Å². The Balaban J connectivity index is 0.000000217. The van der Waals surface area contributed by atoms with Crippen molar-refractivity contribution in [1.29, 1.82) is 0 Å². The van der Waals surface area contributed by atoms with Crippen molar-refractivity contribution < 1.29 is 38.5 Å². The summed E-state index contributed by atoms with van der Waals surface area (Å²) in [5, 5.41) is 0. The minimum absolute atomic E-state index is 0.950. The molecule has 0 aromatic heterocycles. The molecule has 6 nitrogen and oxygen atoms in total. The number of rotatable bonds is 0. The minimum atomic E-state index is -4.94. The number of hydrogen-bond acceptors (Lipinski definition) is 5. The molecule has 0 unspecified atom stereocenters. The van der Waals surface area contributed by atoms with E-state index < -0.39 is 10.2 Å². The summed E-state index contributed by atoms with van der Waals surface area (Å²) in [6.07, 6.45) is 0. The molecule has 0 aliphatic carbocycles. The molecule has 1 N–H and O–H groups in total. The first kappa shape index (κ1) is 12.0. The topological polar surface area (TPSA) is 106 Å². The first-order chi connectivity index (χ1) is 5.39. The molecule has 1 rings (SSSR count). The van der Waals surface area contributed by atoms with Crippen LogP contribution in [0.1, 0.15) is 0 Å². The number of quaternary nitrogens is 1. The molecule has 0 saturated carbocycles. The zero-order valence-corrected chi connectivity index (χ0v) is 7.50. The van der Waals surface area contributed by atoms with E-state index in [-0.39, 0.29) is 0 Å². The van der Waals surface area contributed by atoms with Gasteiger partial charge in [-0.2, -0.15) is 0 Å². The normalized spacial score (nSPS) is 19.8. The molecule has 1 aliphatic heterocycles. The largest absolute Gasteiger partial charge is 0.370 e. The molecule has 1 saturated heterocycles. The second-order valence-electron chi connectivity index (χ2n) is 2.45. The quantitative estimate of drug-likeness (QED) is 0.420. The Bertz CT molecular complexity index is 105. The summed E-state index contributed by atoms with van der Waals surface area (Å²) in [7, 11) is -2.75. The van der Waals surface area contributed by atoms with Gasteiger partial charge in [0.2, 0.25) is 0 Å². The molecule has 12 heavy (non-hydrogen) atoms. The van der Waals surface area contributed by atoms with Crippen molar-refractivity contribution >= 4 is 0 Å². The predicted molar refractivity (Wildman–Crippen MR) is 27.4 cm³/mol. The SMILES string of the molecule is C[NH+]1CCOCC1.[O-][Cl+3]([O-])([O-])[O-]. The molecule has 0 aromatic carbocycles. The maximum Gasteiger partial charge on any atom is 0.101 e. The molecular formula is C5H12ClNO5. The highest BCUT2D eigenvalue weighted by atomic mass is 35.7. The fraction of sp³-hybridized carbons (Fsp3) is 1.00. The Morgan fingerprint density at radius 1 is 1.08 bits per heavy atom. The van der Waals surface area contributed by atoms with Gasteiger partial charge in [0.25, 0.3) is 0 Å². The van der Waals surface area contributed by atoms with Gasteiger partial charge in [-0.15, -0.1) is 10.2 Å². The van der Waals surface area contributed by atoms with Crippen LogP contribution in [0.15, 0.2) is 0 Å². The van der Waals surface area contributed by atoms with Crippen molar-refractivity contribution in [2.45, 2.75) is 0 Å². The van der Waals surface area contributed by atoms with E-state index in [9.17, 15) is 0 Å². The molecular weight excluding hydrogens is 190 g/mol. The van der Waals surface area contributed by atoms with Gasteiger partial charge in [-0.25, -0.2) is 18.6 Å². The molecule has 0 amide bonds. The van der Waals surface area contributed by atoms with Gasteiger partial charge in [0.15, 0.2) is 0 Å². The summed E-state index contributed by atoms with van der Waals surface area (Å²) >= 11 is 0. The third-order valence-electron chi connectivity index (χ3n) is 1.35. The summed E-state index contributed by atoms with van der Waals surface area (Å²) in [4.78, 5) is 1.59. The Kier molecular flexibility index (Phi) is 5.68. The lowest BCUT2D eigenvalue weighted by Gasteiger charge is -2.18. The Morgan fingerprint density at radius 3 is 1.58 bits per heavy atom. The second-order valence-corrected chi connectivity index (χ2v) is 3.20. The Morgan fingerprint density at radius 2 is 1.42 bits per heavy atom. The van der Waals surface area contributed by atoms with Crippen molar-refractivity contribution in [2.24, 2.45) is 0 Å². The molecule has 74 valence electrons. The van der Waals surface area contributed by atoms with Gasteiger partial charge < -0.3 is 9.64 Å². The summed E-state index contributed by atoms with van der Waals surface area (Å²) in [6, 6.07) is 0. The van der Waals surface area contributed by atoms with Gasteiger partial charge in [-0.05, 0) is 0 Å². The van der Waals surface area contributed by atoms with Gasteiger partial charge >= 0.3 is 0 Å². The molecule has 1 heterocycles. The molecule has 0 atom stereocenters. The van der Waals surface area contributed by atoms with Gasteiger partial charge in [0.05, 0.1) is 20.3 Å². The summed E-state index contributed by atoms with van der Waals surface area (Å²) in [5.41, 5.74) is 0. The van der Waals surface area contributed by atoms with Crippen molar-refractivity contribution in [2.75, 3.05) is 33.4 Å². The molecule has 1 fully saturated rings. The molecule has 0 aromatic rings. The van der Waals surface area contributed by atoms with E-state index in [2.05, 4.69) is 7.05 Å². The monoisotopic (exact) mass is 201 g/mol. The molecule has 1 aliphatic rings. The number of nitrogens with one attached hydrogen (secondary N) is 1. The highest BCUT2D eigenvalue weighted by Crippen LogP contribution is 1.71. The lowest BCUT2D eigenvalue weighted by atomic mass is 10.5. The van der Waals surface area contributed by atoms with E-state index in [1.165, 1.54) is 13.1 Å². The van der Waals surface area contributed by atoms with E-state index >= 15 is 0 Å². The van der Waals surface area contributed by atoms with Crippen LogP contribution in [-0.4, -0.2) is 33.4 Å². The third kappa shape index (κ3) is 12.7. The smallest absolute Gasteiger partial charge is 0.101 e. The van der Waals surface area contributed by atoms with Crippen LogP contribution in [0.3, 0.4) is 0 Å². The number of hydrogen-bond donors (Lipinski definition) is 1. The molecule has 0 spiro atoms. The third-order valence-corrected chi connectivity index (χ3v) is 1.35. The lowest BCUT2D eigenvalue weighted by Crippen LogP contribution is -3.11. The van der Waals surface area contributed by atoms with Gasteiger partial charge in [-0.1, -0.05) is 0 Å². The second kappa shape index (κ2) is 5.65. The van der Waals surface area contributed by atoms with Crippen LogP contribution in [0.2, 0.25) is 0 Å². The molecule has 0 radical (unpaired) electrons. The highest BCUT2D eigenvalue weighted by Gasteiger charge is 2.05. The Labute approximate surface area is 72.7 Å². The average Bonchev–Trinajstić information content (AvgIpc) is 1.85. The van der Waals surface area contributed by atoms with Crippen molar-refractivity contribution in [3.8, 4) is 0 Å². The zero-order valence-electron chi connectivity index (χ0n) is 6.75. The predicted octanol–water partition coefficient (Wildman–Crippen LogP) is -6.22. The average molecular weight is 202 g/mol. The van der Waals surface area contributed by atoms with Crippen LogP contribution in [0.25, 0.3) is 0 Å². The van der Waals surface area contributed by atoms with Crippen LogP contribution in [0, 0.1) is 10.2 Å². The number of halogens is 1. The molecule has 0 bridgehead atoms. The van der Waals surface area contributed by atoms with E-state index in [1.807, 2.05) is 0 Å².